The van der Waals surface area contributed by atoms with Gasteiger partial charge in [0, 0.05) is 30.2 Å². The van der Waals surface area contributed by atoms with Gasteiger partial charge in [-0.3, -0.25) is 4.79 Å². The number of hydrogen-bond donors (Lipinski definition) is 1. The highest BCUT2D eigenvalue weighted by Crippen LogP contribution is 2.29. The quantitative estimate of drug-likeness (QED) is 0.747. The van der Waals surface area contributed by atoms with Crippen LogP contribution in [0.5, 0.6) is 0 Å². The number of alkyl halides is 3. The van der Waals surface area contributed by atoms with E-state index in [-0.39, 0.29) is 12.5 Å². The van der Waals surface area contributed by atoms with E-state index < -0.39 is 11.7 Å². The molecule has 3 rings (SSSR count). The fraction of sp³-hybridized carbons (Fsp3) is 0.105. The van der Waals surface area contributed by atoms with Crippen LogP contribution in [0.25, 0.3) is 5.69 Å². The van der Waals surface area contributed by atoms with Gasteiger partial charge in [-0.25, -0.2) is 0 Å². The van der Waals surface area contributed by atoms with Crippen LogP contribution in [0.3, 0.4) is 0 Å². The molecule has 0 aliphatic carbocycles. The molecular weight excluding hydrogens is 329 g/mol. The molecule has 1 amide bonds. The number of nitrogens with one attached hydrogen (secondary N) is 1. The standard InChI is InChI=1S/C19H15F3N2O/c20-19(21,22)16-7-3-5-14(11-16)13-23-18(25)15-6-4-8-17(12-15)24-9-1-2-10-24/h1-12H,13H2,(H,23,25). The Morgan fingerprint density at radius 3 is 2.40 bits per heavy atom. The first-order chi connectivity index (χ1) is 11.9. The van der Waals surface area contributed by atoms with Gasteiger partial charge >= 0.3 is 6.18 Å². The first-order valence-electron chi connectivity index (χ1n) is 7.61. The monoisotopic (exact) mass is 344 g/mol. The van der Waals surface area contributed by atoms with Crippen LogP contribution in [0, 0.1) is 0 Å². The number of carbonyl (C=O) groups excluding carboxylic acids is 1. The fourth-order valence-corrected chi connectivity index (χ4v) is 2.46. The molecule has 1 N–H and O–H groups in total. The molecule has 0 atom stereocenters. The number of rotatable bonds is 4. The van der Waals surface area contributed by atoms with Crippen LogP contribution >= 0.6 is 0 Å². The third kappa shape index (κ3) is 4.09. The molecule has 0 bridgehead atoms. The van der Waals surface area contributed by atoms with Gasteiger partial charge < -0.3 is 9.88 Å². The van der Waals surface area contributed by atoms with Crippen LogP contribution in [-0.4, -0.2) is 10.5 Å². The smallest absolute Gasteiger partial charge is 0.348 e. The summed E-state index contributed by atoms with van der Waals surface area (Å²) in [5.74, 6) is -0.341. The molecule has 0 aliphatic heterocycles. The Morgan fingerprint density at radius 1 is 0.960 bits per heavy atom. The van der Waals surface area contributed by atoms with E-state index in [9.17, 15) is 18.0 Å². The number of carbonyl (C=O) groups is 1. The summed E-state index contributed by atoms with van der Waals surface area (Å²) in [5.41, 5.74) is 0.938. The molecule has 6 heteroatoms. The molecule has 1 heterocycles. The Kier molecular flexibility index (Phi) is 4.61. The molecule has 2 aromatic carbocycles. The normalized spacial score (nSPS) is 11.3. The summed E-state index contributed by atoms with van der Waals surface area (Å²) in [4.78, 5) is 12.3. The molecule has 3 nitrogen and oxygen atoms in total. The first-order valence-corrected chi connectivity index (χ1v) is 7.61. The Hall–Kier alpha value is -3.02. The van der Waals surface area contributed by atoms with E-state index in [0.29, 0.717) is 11.1 Å². The zero-order chi connectivity index (χ0) is 17.9. The van der Waals surface area contributed by atoms with Crippen molar-refractivity contribution in [3.05, 3.63) is 89.7 Å². The molecule has 1 aromatic heterocycles. The van der Waals surface area contributed by atoms with E-state index >= 15 is 0 Å². The number of halogens is 3. The predicted molar refractivity (Wildman–Crippen MR) is 88.4 cm³/mol. The van der Waals surface area contributed by atoms with Gasteiger partial charge in [-0.2, -0.15) is 13.2 Å². The molecule has 0 unspecified atom stereocenters. The Labute approximate surface area is 142 Å². The average molecular weight is 344 g/mol. The SMILES string of the molecule is O=C(NCc1cccc(C(F)(F)F)c1)c1cccc(-n2cccc2)c1. The van der Waals surface area contributed by atoms with Gasteiger partial charge in [0.25, 0.3) is 5.91 Å². The topological polar surface area (TPSA) is 34.0 Å². The maximum Gasteiger partial charge on any atom is 0.416 e. The van der Waals surface area contributed by atoms with Gasteiger partial charge in [0.1, 0.15) is 0 Å². The minimum atomic E-state index is -4.40. The molecular formula is C19H15F3N2O. The summed E-state index contributed by atoms with van der Waals surface area (Å²) < 4.78 is 40.0. The van der Waals surface area contributed by atoms with Crippen molar-refractivity contribution in [2.24, 2.45) is 0 Å². The van der Waals surface area contributed by atoms with Crippen LogP contribution in [0.15, 0.2) is 73.1 Å². The lowest BCUT2D eigenvalue weighted by molar-refractivity contribution is -0.137. The maximum atomic E-state index is 12.7. The zero-order valence-electron chi connectivity index (χ0n) is 13.1. The van der Waals surface area contributed by atoms with Gasteiger partial charge in [0.15, 0.2) is 0 Å². The summed E-state index contributed by atoms with van der Waals surface area (Å²) in [7, 11) is 0. The van der Waals surface area contributed by atoms with Crippen LogP contribution < -0.4 is 5.32 Å². The van der Waals surface area contributed by atoms with Gasteiger partial charge in [0.05, 0.1) is 5.56 Å². The first kappa shape index (κ1) is 16.8. The van der Waals surface area contributed by atoms with Crippen LogP contribution in [0.1, 0.15) is 21.5 Å². The number of nitrogens with zero attached hydrogens (tertiary/aromatic N) is 1. The van der Waals surface area contributed by atoms with Crippen LogP contribution in [-0.2, 0) is 12.7 Å². The van der Waals surface area contributed by atoms with Crippen molar-refractivity contribution in [1.82, 2.24) is 9.88 Å². The molecule has 0 spiro atoms. The predicted octanol–water partition coefficient (Wildman–Crippen LogP) is 4.43. The number of aromatic nitrogens is 1. The second-order valence-corrected chi connectivity index (χ2v) is 5.52. The summed E-state index contributed by atoms with van der Waals surface area (Å²) in [6.45, 7) is 0.0243. The summed E-state index contributed by atoms with van der Waals surface area (Å²) in [6, 6.07) is 15.7. The summed E-state index contributed by atoms with van der Waals surface area (Å²) in [6.07, 6.45) is -0.676. The van der Waals surface area contributed by atoms with Crippen molar-refractivity contribution >= 4 is 5.91 Å². The molecule has 128 valence electrons. The number of hydrogen-bond acceptors (Lipinski definition) is 1. The van der Waals surface area contributed by atoms with E-state index in [2.05, 4.69) is 5.32 Å². The summed E-state index contributed by atoms with van der Waals surface area (Å²) in [5, 5.41) is 2.65. The average Bonchev–Trinajstić information content (AvgIpc) is 3.14. The highest BCUT2D eigenvalue weighted by Gasteiger charge is 2.30. The Balaban J connectivity index is 1.70. The maximum absolute atomic E-state index is 12.7. The van der Waals surface area contributed by atoms with Crippen molar-refractivity contribution in [3.8, 4) is 5.69 Å². The Morgan fingerprint density at radius 2 is 1.68 bits per heavy atom. The molecule has 25 heavy (non-hydrogen) atoms. The highest BCUT2D eigenvalue weighted by atomic mass is 19.4. The molecule has 0 saturated carbocycles. The number of amides is 1. The fourth-order valence-electron chi connectivity index (χ4n) is 2.46. The molecule has 0 radical (unpaired) electrons. The van der Waals surface area contributed by atoms with E-state index in [1.807, 2.05) is 35.2 Å². The lowest BCUT2D eigenvalue weighted by atomic mass is 10.1. The second-order valence-electron chi connectivity index (χ2n) is 5.52. The van der Waals surface area contributed by atoms with Crippen molar-refractivity contribution in [1.29, 1.82) is 0 Å². The van der Waals surface area contributed by atoms with Gasteiger partial charge in [-0.1, -0.05) is 18.2 Å². The Bertz CT molecular complexity index is 870. The van der Waals surface area contributed by atoms with Crippen molar-refractivity contribution < 1.29 is 18.0 Å². The lowest BCUT2D eigenvalue weighted by Gasteiger charge is -2.10. The van der Waals surface area contributed by atoms with Gasteiger partial charge in [-0.05, 0) is 48.0 Å². The van der Waals surface area contributed by atoms with E-state index in [1.54, 1.807) is 24.3 Å². The third-order valence-electron chi connectivity index (χ3n) is 3.72. The largest absolute Gasteiger partial charge is 0.416 e. The van der Waals surface area contributed by atoms with E-state index in [1.165, 1.54) is 6.07 Å². The van der Waals surface area contributed by atoms with E-state index in [0.717, 1.165) is 17.8 Å². The molecule has 0 saturated heterocycles. The minimum Gasteiger partial charge on any atom is -0.348 e. The second kappa shape index (κ2) is 6.84. The zero-order valence-corrected chi connectivity index (χ0v) is 13.1. The number of benzene rings is 2. The van der Waals surface area contributed by atoms with Crippen molar-refractivity contribution in [2.45, 2.75) is 12.7 Å². The van der Waals surface area contributed by atoms with Crippen LogP contribution in [0.2, 0.25) is 0 Å². The minimum absolute atomic E-state index is 0.0243. The molecule has 0 fully saturated rings. The highest BCUT2D eigenvalue weighted by molar-refractivity contribution is 5.94. The van der Waals surface area contributed by atoms with Crippen molar-refractivity contribution in [3.63, 3.8) is 0 Å². The van der Waals surface area contributed by atoms with Gasteiger partial charge in [0.2, 0.25) is 0 Å². The van der Waals surface area contributed by atoms with Gasteiger partial charge in [-0.15, -0.1) is 0 Å². The van der Waals surface area contributed by atoms with Crippen LogP contribution in [0.4, 0.5) is 13.2 Å². The van der Waals surface area contributed by atoms with Crippen molar-refractivity contribution in [2.75, 3.05) is 0 Å². The molecule has 0 aliphatic rings. The lowest BCUT2D eigenvalue weighted by Crippen LogP contribution is -2.23. The van der Waals surface area contributed by atoms with E-state index in [4.69, 9.17) is 0 Å². The summed E-state index contributed by atoms with van der Waals surface area (Å²) >= 11 is 0. The molecule has 3 aromatic rings. The third-order valence-corrected chi connectivity index (χ3v) is 3.72.